The van der Waals surface area contributed by atoms with Crippen LogP contribution in [0, 0.1) is 6.92 Å². The third-order valence-corrected chi connectivity index (χ3v) is 5.56. The molecule has 2 amide bonds. The van der Waals surface area contributed by atoms with E-state index in [0.717, 1.165) is 0 Å². The normalized spacial score (nSPS) is 10.7. The highest BCUT2D eigenvalue weighted by Crippen LogP contribution is 2.37. The third-order valence-electron chi connectivity index (χ3n) is 5.25. The Labute approximate surface area is 228 Å². The van der Waals surface area contributed by atoms with Gasteiger partial charge in [-0.2, -0.15) is 0 Å². The molecule has 4 aromatic rings. The minimum atomic E-state index is -0.535. The number of rotatable bonds is 11. The fourth-order valence-corrected chi connectivity index (χ4v) is 3.71. The molecule has 0 spiro atoms. The van der Waals surface area contributed by atoms with Gasteiger partial charge in [0, 0.05) is 24.6 Å². The molecule has 0 fully saturated rings. The molecule has 2 heterocycles. The number of ether oxygens (including phenoxy) is 4. The molecule has 0 saturated carbocycles. The molecule has 0 aliphatic rings. The van der Waals surface area contributed by atoms with Crippen LogP contribution in [0.5, 0.6) is 23.1 Å². The molecule has 2 N–H and O–H groups in total. The lowest BCUT2D eigenvalue weighted by Crippen LogP contribution is -2.19. The van der Waals surface area contributed by atoms with E-state index in [9.17, 15) is 9.59 Å². The number of carbonyl (C=O) groups is 2. The van der Waals surface area contributed by atoms with Crippen molar-refractivity contribution in [2.75, 3.05) is 31.0 Å². The lowest BCUT2D eigenvalue weighted by atomic mass is 10.2. The average molecular weight is 556 g/mol. The van der Waals surface area contributed by atoms with E-state index in [0.29, 0.717) is 59.2 Å². The number of hydrogen-bond acceptors (Lipinski definition) is 10. The Balaban J connectivity index is 1.45. The van der Waals surface area contributed by atoms with E-state index in [-0.39, 0.29) is 29.1 Å². The van der Waals surface area contributed by atoms with E-state index in [1.807, 2.05) is 0 Å². The van der Waals surface area contributed by atoms with Crippen molar-refractivity contribution in [2.24, 2.45) is 0 Å². The maximum Gasteiger partial charge on any atom is 0.324 e. The molecule has 0 radical (unpaired) electrons. The predicted octanol–water partition coefficient (Wildman–Crippen LogP) is 5.75. The number of amides is 2. The molecule has 13 heteroatoms. The van der Waals surface area contributed by atoms with Gasteiger partial charge in [0.05, 0.1) is 41.9 Å². The van der Waals surface area contributed by atoms with Gasteiger partial charge in [0.2, 0.25) is 5.88 Å². The molecule has 0 atom stereocenters. The topological polar surface area (TPSA) is 147 Å². The number of methoxy groups -OCH3 is 1. The first kappa shape index (κ1) is 27.5. The number of anilines is 2. The van der Waals surface area contributed by atoms with E-state index in [1.165, 1.54) is 13.4 Å². The van der Waals surface area contributed by atoms with Crippen molar-refractivity contribution in [3.8, 4) is 23.1 Å². The van der Waals surface area contributed by atoms with Gasteiger partial charge in [-0.15, -0.1) is 0 Å². The van der Waals surface area contributed by atoms with Crippen LogP contribution in [-0.4, -0.2) is 47.4 Å². The average Bonchev–Trinajstić information content (AvgIpc) is 3.32. The van der Waals surface area contributed by atoms with E-state index >= 15 is 0 Å². The summed E-state index contributed by atoms with van der Waals surface area (Å²) in [5, 5.41) is 9.72. The van der Waals surface area contributed by atoms with Crippen molar-refractivity contribution in [2.45, 2.75) is 26.7 Å². The molecule has 39 heavy (non-hydrogen) atoms. The summed E-state index contributed by atoms with van der Waals surface area (Å²) < 4.78 is 27.1. The van der Waals surface area contributed by atoms with Gasteiger partial charge in [0.25, 0.3) is 0 Å². The number of esters is 1. The van der Waals surface area contributed by atoms with Crippen LogP contribution in [0.25, 0.3) is 10.9 Å². The predicted molar refractivity (Wildman–Crippen MR) is 143 cm³/mol. The van der Waals surface area contributed by atoms with Gasteiger partial charge in [-0.25, -0.2) is 14.8 Å². The minimum absolute atomic E-state index is 0.244. The van der Waals surface area contributed by atoms with Crippen LogP contribution in [0.2, 0.25) is 5.02 Å². The zero-order valence-electron chi connectivity index (χ0n) is 21.4. The molecule has 4 rings (SSSR count). The van der Waals surface area contributed by atoms with Crippen LogP contribution in [0.3, 0.4) is 0 Å². The zero-order valence-corrected chi connectivity index (χ0v) is 22.2. The first-order chi connectivity index (χ1) is 18.9. The lowest BCUT2D eigenvalue weighted by Gasteiger charge is -2.14. The molecule has 2 aromatic carbocycles. The summed E-state index contributed by atoms with van der Waals surface area (Å²) in [5.41, 5.74) is 0.922. The smallest absolute Gasteiger partial charge is 0.324 e. The molecule has 0 unspecified atom stereocenters. The Kier molecular flexibility index (Phi) is 9.00. The summed E-state index contributed by atoms with van der Waals surface area (Å²) in [6.07, 6.45) is 2.11. The van der Waals surface area contributed by atoms with Crippen LogP contribution >= 0.6 is 11.6 Å². The van der Waals surface area contributed by atoms with Crippen LogP contribution in [0.1, 0.15) is 25.5 Å². The largest absolute Gasteiger partial charge is 0.493 e. The SMILES string of the molecule is CCOC(=O)CCCOc1cc2ncnc(Oc3ccc(NC(=O)Nc4cc(C)on4)c(Cl)c3)c2cc1OC. The highest BCUT2D eigenvalue weighted by atomic mass is 35.5. The molecular weight excluding hydrogens is 530 g/mol. The number of urea groups is 1. The number of nitrogens with zero attached hydrogens (tertiary/aromatic N) is 3. The Hall–Kier alpha value is -4.58. The van der Waals surface area contributed by atoms with Gasteiger partial charge in [0.15, 0.2) is 17.3 Å². The highest BCUT2D eigenvalue weighted by Gasteiger charge is 2.15. The summed E-state index contributed by atoms with van der Waals surface area (Å²) in [7, 11) is 1.52. The Morgan fingerprint density at radius 3 is 2.64 bits per heavy atom. The van der Waals surface area contributed by atoms with Gasteiger partial charge >= 0.3 is 12.0 Å². The molecule has 204 valence electrons. The van der Waals surface area contributed by atoms with Crippen molar-refractivity contribution in [3.05, 3.63) is 53.5 Å². The second-order valence-corrected chi connectivity index (χ2v) is 8.51. The zero-order chi connectivity index (χ0) is 27.8. The van der Waals surface area contributed by atoms with E-state index < -0.39 is 6.03 Å². The molecule has 0 aliphatic carbocycles. The van der Waals surface area contributed by atoms with Crippen LogP contribution in [-0.2, 0) is 9.53 Å². The molecule has 0 saturated heterocycles. The second-order valence-electron chi connectivity index (χ2n) is 8.10. The van der Waals surface area contributed by atoms with E-state index in [4.69, 9.17) is 35.1 Å². The number of halogens is 1. The number of benzene rings is 2. The summed E-state index contributed by atoms with van der Waals surface area (Å²) in [6.45, 7) is 4.12. The number of aryl methyl sites for hydroxylation is 1. The van der Waals surface area contributed by atoms with E-state index in [1.54, 1.807) is 50.2 Å². The van der Waals surface area contributed by atoms with Gasteiger partial charge in [-0.1, -0.05) is 16.8 Å². The van der Waals surface area contributed by atoms with Crippen LogP contribution in [0.15, 0.2) is 47.2 Å². The fraction of sp³-hybridized carbons (Fsp3) is 0.269. The van der Waals surface area contributed by atoms with E-state index in [2.05, 4.69) is 25.8 Å². The third kappa shape index (κ3) is 7.26. The number of nitrogens with one attached hydrogen (secondary N) is 2. The van der Waals surface area contributed by atoms with Crippen molar-refractivity contribution in [1.29, 1.82) is 0 Å². The van der Waals surface area contributed by atoms with Crippen molar-refractivity contribution >= 4 is 46.0 Å². The lowest BCUT2D eigenvalue weighted by molar-refractivity contribution is -0.143. The quantitative estimate of drug-likeness (QED) is 0.173. The van der Waals surface area contributed by atoms with Gasteiger partial charge in [0.1, 0.15) is 17.8 Å². The summed E-state index contributed by atoms with van der Waals surface area (Å²) in [5.74, 6) is 2.14. The molecule has 0 aliphatic heterocycles. The second kappa shape index (κ2) is 12.8. The fourth-order valence-electron chi connectivity index (χ4n) is 3.49. The van der Waals surface area contributed by atoms with Crippen molar-refractivity contribution in [1.82, 2.24) is 15.1 Å². The summed E-state index contributed by atoms with van der Waals surface area (Å²) >= 11 is 6.38. The van der Waals surface area contributed by atoms with Crippen LogP contribution < -0.4 is 24.8 Å². The Bertz CT molecular complexity index is 1480. The van der Waals surface area contributed by atoms with Crippen LogP contribution in [0.4, 0.5) is 16.3 Å². The monoisotopic (exact) mass is 555 g/mol. The first-order valence-corrected chi connectivity index (χ1v) is 12.3. The van der Waals surface area contributed by atoms with Gasteiger partial charge in [-0.3, -0.25) is 10.1 Å². The number of fused-ring (bicyclic) bond motifs is 1. The number of aromatic nitrogens is 3. The molecule has 0 bridgehead atoms. The minimum Gasteiger partial charge on any atom is -0.493 e. The standard InChI is InChI=1S/C26H26ClN5O7/c1-4-36-24(33)6-5-9-37-22-13-20-17(12-21(22)35-3)25(29-14-28-20)38-16-7-8-19(18(27)11-16)30-26(34)31-23-10-15(2)39-32-23/h7-8,10-14H,4-6,9H2,1-3H3,(H2,30,31,32,34). The summed E-state index contributed by atoms with van der Waals surface area (Å²) in [4.78, 5) is 32.3. The highest BCUT2D eigenvalue weighted by molar-refractivity contribution is 6.34. The maximum absolute atomic E-state index is 12.2. The maximum atomic E-state index is 12.2. The van der Waals surface area contributed by atoms with Crippen molar-refractivity contribution < 1.29 is 33.1 Å². The van der Waals surface area contributed by atoms with Gasteiger partial charge in [-0.05, 0) is 38.5 Å². The number of carbonyl (C=O) groups excluding carboxylic acids is 2. The van der Waals surface area contributed by atoms with Crippen molar-refractivity contribution in [3.63, 3.8) is 0 Å². The Morgan fingerprint density at radius 1 is 1.08 bits per heavy atom. The van der Waals surface area contributed by atoms with Gasteiger partial charge < -0.3 is 28.8 Å². The Morgan fingerprint density at radius 2 is 1.92 bits per heavy atom. The number of hydrogen-bond donors (Lipinski definition) is 2. The first-order valence-electron chi connectivity index (χ1n) is 12.0. The summed E-state index contributed by atoms with van der Waals surface area (Å²) in [6, 6.07) is 9.24. The molecular formula is C26H26ClN5O7. The molecule has 12 nitrogen and oxygen atoms in total. The molecule has 2 aromatic heterocycles.